The van der Waals surface area contributed by atoms with Crippen LogP contribution >= 0.6 is 11.8 Å². The van der Waals surface area contributed by atoms with Gasteiger partial charge in [0.15, 0.2) is 0 Å². The summed E-state index contributed by atoms with van der Waals surface area (Å²) in [5.74, 6) is 4.98. The van der Waals surface area contributed by atoms with Crippen molar-refractivity contribution in [2.75, 3.05) is 12.9 Å². The number of nitrogens with two attached hydrogens (primary N) is 1. The maximum Gasteiger partial charge on any atom is 0.0719 e. The molecular formula is C10H15NOS. The van der Waals surface area contributed by atoms with E-state index in [9.17, 15) is 0 Å². The Balaban J connectivity index is 2.73. The first kappa shape index (κ1) is 10.6. The molecule has 0 amide bonds. The van der Waals surface area contributed by atoms with Crippen LogP contribution in [0.15, 0.2) is 23.1 Å². The van der Waals surface area contributed by atoms with Crippen LogP contribution in [0.5, 0.6) is 0 Å². The third-order valence-electron chi connectivity index (χ3n) is 2.04. The molecule has 0 aromatic heterocycles. The fraction of sp³-hybridized carbons (Fsp3) is 0.400. The summed E-state index contributed by atoms with van der Waals surface area (Å²) in [6.45, 7) is 2.70. The van der Waals surface area contributed by atoms with Gasteiger partial charge in [-0.25, -0.2) is 5.90 Å². The topological polar surface area (TPSA) is 35.2 Å². The van der Waals surface area contributed by atoms with Crippen molar-refractivity contribution in [3.63, 3.8) is 0 Å². The Hall–Kier alpha value is -0.510. The molecule has 0 bridgehead atoms. The standard InChI is InChI=1S/C10H15NOS/c1-8-7-10(13-2)4-3-9(8)5-6-12-11/h3-4,7H,5-6,11H2,1-2H3. The van der Waals surface area contributed by atoms with Gasteiger partial charge in [0, 0.05) is 4.90 Å². The van der Waals surface area contributed by atoms with Gasteiger partial charge in [-0.3, -0.25) is 0 Å². The van der Waals surface area contributed by atoms with Crippen LogP contribution in [0.3, 0.4) is 0 Å². The first-order valence-electron chi connectivity index (χ1n) is 4.23. The molecular weight excluding hydrogens is 182 g/mol. The van der Waals surface area contributed by atoms with E-state index in [0.29, 0.717) is 6.61 Å². The van der Waals surface area contributed by atoms with Crippen molar-refractivity contribution in [1.82, 2.24) is 0 Å². The van der Waals surface area contributed by atoms with E-state index >= 15 is 0 Å². The number of thioether (sulfide) groups is 1. The number of hydrogen-bond acceptors (Lipinski definition) is 3. The second-order valence-corrected chi connectivity index (χ2v) is 3.79. The second-order valence-electron chi connectivity index (χ2n) is 2.91. The number of hydrogen-bond donors (Lipinski definition) is 1. The molecule has 0 unspecified atom stereocenters. The van der Waals surface area contributed by atoms with E-state index in [1.807, 2.05) is 0 Å². The summed E-state index contributed by atoms with van der Waals surface area (Å²) < 4.78 is 0. The summed E-state index contributed by atoms with van der Waals surface area (Å²) in [6, 6.07) is 6.46. The lowest BCUT2D eigenvalue weighted by atomic mass is 10.1. The molecule has 0 aliphatic carbocycles. The molecule has 0 atom stereocenters. The maximum atomic E-state index is 4.98. The molecule has 0 heterocycles. The number of rotatable bonds is 4. The highest BCUT2D eigenvalue weighted by Crippen LogP contribution is 2.19. The van der Waals surface area contributed by atoms with Gasteiger partial charge in [0.25, 0.3) is 0 Å². The van der Waals surface area contributed by atoms with Crippen molar-refractivity contribution in [3.05, 3.63) is 29.3 Å². The highest BCUT2D eigenvalue weighted by atomic mass is 32.2. The molecule has 0 saturated heterocycles. The summed E-state index contributed by atoms with van der Waals surface area (Å²) in [5, 5.41) is 0. The fourth-order valence-corrected chi connectivity index (χ4v) is 1.74. The summed E-state index contributed by atoms with van der Waals surface area (Å²) >= 11 is 1.76. The van der Waals surface area contributed by atoms with Crippen molar-refractivity contribution in [2.24, 2.45) is 5.90 Å². The minimum atomic E-state index is 0.583. The van der Waals surface area contributed by atoms with Gasteiger partial charge in [-0.05, 0) is 42.9 Å². The Kier molecular flexibility index (Phi) is 4.28. The Morgan fingerprint density at radius 3 is 2.77 bits per heavy atom. The minimum absolute atomic E-state index is 0.583. The lowest BCUT2D eigenvalue weighted by molar-refractivity contribution is 0.141. The van der Waals surface area contributed by atoms with Gasteiger partial charge in [-0.1, -0.05) is 6.07 Å². The molecule has 2 N–H and O–H groups in total. The Morgan fingerprint density at radius 1 is 1.46 bits per heavy atom. The molecule has 13 heavy (non-hydrogen) atoms. The van der Waals surface area contributed by atoms with Gasteiger partial charge < -0.3 is 4.84 Å². The normalized spacial score (nSPS) is 10.4. The minimum Gasteiger partial charge on any atom is -0.304 e. The number of benzene rings is 1. The Labute approximate surface area is 83.4 Å². The van der Waals surface area contributed by atoms with Crippen molar-refractivity contribution in [1.29, 1.82) is 0 Å². The molecule has 1 aromatic rings. The molecule has 1 aromatic carbocycles. The van der Waals surface area contributed by atoms with Gasteiger partial charge in [0.1, 0.15) is 0 Å². The van der Waals surface area contributed by atoms with Crippen LogP contribution in [0.1, 0.15) is 11.1 Å². The largest absolute Gasteiger partial charge is 0.304 e. The first-order chi connectivity index (χ1) is 6.27. The van der Waals surface area contributed by atoms with E-state index in [-0.39, 0.29) is 0 Å². The zero-order valence-electron chi connectivity index (χ0n) is 8.04. The van der Waals surface area contributed by atoms with E-state index in [0.717, 1.165) is 6.42 Å². The smallest absolute Gasteiger partial charge is 0.0719 e. The molecule has 0 radical (unpaired) electrons. The third-order valence-corrected chi connectivity index (χ3v) is 2.76. The summed E-state index contributed by atoms with van der Waals surface area (Å²) in [4.78, 5) is 5.85. The van der Waals surface area contributed by atoms with Gasteiger partial charge >= 0.3 is 0 Å². The molecule has 0 aliphatic rings. The second kappa shape index (κ2) is 5.27. The maximum absolute atomic E-state index is 4.98. The highest BCUT2D eigenvalue weighted by molar-refractivity contribution is 7.98. The molecule has 0 fully saturated rings. The molecule has 72 valence electrons. The summed E-state index contributed by atoms with van der Waals surface area (Å²) in [7, 11) is 0. The highest BCUT2D eigenvalue weighted by Gasteiger charge is 1.99. The van der Waals surface area contributed by atoms with Crippen LogP contribution in [0.25, 0.3) is 0 Å². The molecule has 1 rings (SSSR count). The van der Waals surface area contributed by atoms with Crippen molar-refractivity contribution in [3.8, 4) is 0 Å². The van der Waals surface area contributed by atoms with E-state index < -0.39 is 0 Å². The van der Waals surface area contributed by atoms with Crippen LogP contribution in [-0.2, 0) is 11.3 Å². The lowest BCUT2D eigenvalue weighted by Crippen LogP contribution is -2.04. The monoisotopic (exact) mass is 197 g/mol. The van der Waals surface area contributed by atoms with Gasteiger partial charge in [0.05, 0.1) is 6.61 Å². The van der Waals surface area contributed by atoms with Gasteiger partial charge in [0.2, 0.25) is 0 Å². The SMILES string of the molecule is CSc1ccc(CCON)c(C)c1. The quantitative estimate of drug-likeness (QED) is 0.593. The predicted molar refractivity (Wildman–Crippen MR) is 56.8 cm³/mol. The molecule has 0 aliphatic heterocycles. The van der Waals surface area contributed by atoms with Gasteiger partial charge in [-0.2, -0.15) is 0 Å². The average molecular weight is 197 g/mol. The van der Waals surface area contributed by atoms with Crippen LogP contribution in [-0.4, -0.2) is 12.9 Å². The van der Waals surface area contributed by atoms with Crippen molar-refractivity contribution < 1.29 is 4.84 Å². The molecule has 2 nitrogen and oxygen atoms in total. The van der Waals surface area contributed by atoms with E-state index in [1.54, 1.807) is 11.8 Å². The fourth-order valence-electron chi connectivity index (χ4n) is 1.24. The molecule has 0 saturated carbocycles. The van der Waals surface area contributed by atoms with Crippen LogP contribution in [0, 0.1) is 6.92 Å². The lowest BCUT2D eigenvalue weighted by Gasteiger charge is -2.06. The Morgan fingerprint density at radius 2 is 2.23 bits per heavy atom. The molecule has 3 heteroatoms. The van der Waals surface area contributed by atoms with Crippen molar-refractivity contribution >= 4 is 11.8 Å². The third kappa shape index (κ3) is 3.03. The van der Waals surface area contributed by atoms with E-state index in [2.05, 4.69) is 36.2 Å². The zero-order chi connectivity index (χ0) is 9.68. The number of aryl methyl sites for hydroxylation is 1. The molecule has 0 spiro atoms. The summed E-state index contributed by atoms with van der Waals surface area (Å²) in [6.07, 6.45) is 2.97. The van der Waals surface area contributed by atoms with Gasteiger partial charge in [-0.15, -0.1) is 11.8 Å². The first-order valence-corrected chi connectivity index (χ1v) is 5.45. The van der Waals surface area contributed by atoms with Crippen LogP contribution in [0.4, 0.5) is 0 Å². The van der Waals surface area contributed by atoms with Crippen LogP contribution in [0.2, 0.25) is 0 Å². The summed E-state index contributed by atoms with van der Waals surface area (Å²) in [5.41, 5.74) is 2.62. The van der Waals surface area contributed by atoms with Crippen molar-refractivity contribution in [2.45, 2.75) is 18.2 Å². The van der Waals surface area contributed by atoms with E-state index in [1.165, 1.54) is 16.0 Å². The predicted octanol–water partition coefficient (Wildman–Crippen LogP) is 2.15. The zero-order valence-corrected chi connectivity index (χ0v) is 8.86. The van der Waals surface area contributed by atoms with Crippen LogP contribution < -0.4 is 5.90 Å². The van der Waals surface area contributed by atoms with E-state index in [4.69, 9.17) is 5.90 Å². The average Bonchev–Trinajstić information content (AvgIpc) is 2.16. The Bertz CT molecular complexity index is 276.